The highest BCUT2D eigenvalue weighted by Crippen LogP contribution is 2.19. The number of nitrogens with zero attached hydrogens (tertiary/aromatic N) is 1. The second-order valence-corrected chi connectivity index (χ2v) is 5.41. The van der Waals surface area contributed by atoms with E-state index in [1.54, 1.807) is 18.4 Å². The third kappa shape index (κ3) is 3.94. The van der Waals surface area contributed by atoms with E-state index in [1.807, 2.05) is 25.1 Å². The van der Waals surface area contributed by atoms with Gasteiger partial charge in [-0.1, -0.05) is 6.07 Å². The zero-order valence-corrected chi connectivity index (χ0v) is 12.1. The van der Waals surface area contributed by atoms with Crippen molar-refractivity contribution < 1.29 is 4.74 Å². The van der Waals surface area contributed by atoms with Crippen molar-refractivity contribution in [2.45, 2.75) is 19.9 Å². The Labute approximate surface area is 117 Å². The van der Waals surface area contributed by atoms with Crippen molar-refractivity contribution in [2.24, 2.45) is 0 Å². The molecule has 5 heteroatoms. The molecule has 0 aliphatic carbocycles. The van der Waals surface area contributed by atoms with Crippen LogP contribution in [0.1, 0.15) is 16.3 Å². The lowest BCUT2D eigenvalue weighted by atomic mass is 10.1. The third-order valence-electron chi connectivity index (χ3n) is 2.89. The van der Waals surface area contributed by atoms with Crippen LogP contribution in [0.2, 0.25) is 0 Å². The maximum absolute atomic E-state index is 5.96. The Morgan fingerprint density at radius 1 is 1.42 bits per heavy atom. The van der Waals surface area contributed by atoms with Crippen molar-refractivity contribution in [2.75, 3.05) is 19.4 Å². The van der Waals surface area contributed by atoms with Crippen molar-refractivity contribution in [3.63, 3.8) is 0 Å². The van der Waals surface area contributed by atoms with Crippen LogP contribution in [-0.2, 0) is 13.0 Å². The number of nitrogen functional groups attached to an aromatic ring is 1. The monoisotopic (exact) mass is 277 g/mol. The fourth-order valence-electron chi connectivity index (χ4n) is 1.82. The molecule has 0 saturated heterocycles. The molecule has 2 rings (SSSR count). The molecule has 0 amide bonds. The summed E-state index contributed by atoms with van der Waals surface area (Å²) < 4.78 is 5.13. The van der Waals surface area contributed by atoms with Crippen molar-refractivity contribution in [1.82, 2.24) is 10.3 Å². The number of anilines is 1. The molecule has 0 atom stereocenters. The van der Waals surface area contributed by atoms with Gasteiger partial charge in [0.25, 0.3) is 0 Å². The standard InChI is InChI=1S/C14H19N3OS/c1-10-17-12(9-19-10)5-6-16-8-11-3-4-13(18-2)7-14(11)15/h3-4,7,9,16H,5-6,8,15H2,1-2H3. The zero-order valence-electron chi connectivity index (χ0n) is 11.3. The molecule has 3 N–H and O–H groups in total. The first-order chi connectivity index (χ1) is 9.19. The van der Waals surface area contributed by atoms with Gasteiger partial charge in [0.15, 0.2) is 0 Å². The van der Waals surface area contributed by atoms with Crippen LogP contribution >= 0.6 is 11.3 Å². The van der Waals surface area contributed by atoms with E-state index in [-0.39, 0.29) is 0 Å². The maximum Gasteiger partial charge on any atom is 0.120 e. The van der Waals surface area contributed by atoms with E-state index in [1.165, 1.54) is 0 Å². The number of rotatable bonds is 6. The predicted octanol–water partition coefficient (Wildman–Crippen LogP) is 2.37. The molecule has 0 aliphatic heterocycles. The summed E-state index contributed by atoms with van der Waals surface area (Å²) in [5, 5.41) is 6.61. The van der Waals surface area contributed by atoms with E-state index >= 15 is 0 Å². The molecule has 0 aliphatic rings. The minimum atomic E-state index is 0.761. The molecule has 19 heavy (non-hydrogen) atoms. The summed E-state index contributed by atoms with van der Waals surface area (Å²) in [6, 6.07) is 5.77. The Kier molecular flexibility index (Phi) is 4.76. The van der Waals surface area contributed by atoms with Crippen LogP contribution in [0.4, 0.5) is 5.69 Å². The van der Waals surface area contributed by atoms with Gasteiger partial charge in [-0.25, -0.2) is 4.98 Å². The summed E-state index contributed by atoms with van der Waals surface area (Å²) in [7, 11) is 1.64. The van der Waals surface area contributed by atoms with Gasteiger partial charge in [0.2, 0.25) is 0 Å². The van der Waals surface area contributed by atoms with Gasteiger partial charge in [0.05, 0.1) is 17.8 Å². The zero-order chi connectivity index (χ0) is 13.7. The minimum Gasteiger partial charge on any atom is -0.497 e. The van der Waals surface area contributed by atoms with Gasteiger partial charge in [0.1, 0.15) is 5.75 Å². The molecule has 1 aromatic heterocycles. The summed E-state index contributed by atoms with van der Waals surface area (Å²) in [5.41, 5.74) is 8.97. The van der Waals surface area contributed by atoms with Crippen LogP contribution < -0.4 is 15.8 Å². The van der Waals surface area contributed by atoms with Crippen molar-refractivity contribution in [1.29, 1.82) is 0 Å². The quantitative estimate of drug-likeness (QED) is 0.628. The second kappa shape index (κ2) is 6.54. The van der Waals surface area contributed by atoms with Crippen molar-refractivity contribution in [3.8, 4) is 5.75 Å². The maximum atomic E-state index is 5.96. The van der Waals surface area contributed by atoms with E-state index in [9.17, 15) is 0 Å². The number of methoxy groups -OCH3 is 1. The highest BCUT2D eigenvalue weighted by atomic mass is 32.1. The van der Waals surface area contributed by atoms with E-state index in [4.69, 9.17) is 10.5 Å². The van der Waals surface area contributed by atoms with Crippen LogP contribution in [-0.4, -0.2) is 18.6 Å². The molecule has 0 radical (unpaired) electrons. The highest BCUT2D eigenvalue weighted by molar-refractivity contribution is 7.09. The van der Waals surface area contributed by atoms with Crippen LogP contribution in [0.5, 0.6) is 5.75 Å². The first-order valence-electron chi connectivity index (χ1n) is 6.23. The molecule has 1 aromatic carbocycles. The fourth-order valence-corrected chi connectivity index (χ4v) is 2.47. The Hall–Kier alpha value is -1.59. The third-order valence-corrected chi connectivity index (χ3v) is 3.72. The molecule has 2 aromatic rings. The number of nitrogens with two attached hydrogens (primary N) is 1. The molecule has 0 unspecified atom stereocenters. The van der Waals surface area contributed by atoms with Gasteiger partial charge in [-0.3, -0.25) is 0 Å². The normalized spacial score (nSPS) is 10.6. The van der Waals surface area contributed by atoms with Crippen LogP contribution in [0.25, 0.3) is 0 Å². The summed E-state index contributed by atoms with van der Waals surface area (Å²) in [6.45, 7) is 3.69. The average molecular weight is 277 g/mol. The Morgan fingerprint density at radius 2 is 2.26 bits per heavy atom. The Bertz CT molecular complexity index is 539. The SMILES string of the molecule is COc1ccc(CNCCc2csc(C)n2)c(N)c1. The van der Waals surface area contributed by atoms with Gasteiger partial charge < -0.3 is 15.8 Å². The number of nitrogens with one attached hydrogen (secondary N) is 1. The Morgan fingerprint density at radius 3 is 2.89 bits per heavy atom. The Balaban J connectivity index is 1.79. The summed E-state index contributed by atoms with van der Waals surface area (Å²) >= 11 is 1.69. The van der Waals surface area contributed by atoms with E-state index in [0.29, 0.717) is 0 Å². The largest absolute Gasteiger partial charge is 0.497 e. The number of hydrogen-bond donors (Lipinski definition) is 2. The number of aromatic nitrogens is 1. The predicted molar refractivity (Wildman–Crippen MR) is 79.7 cm³/mol. The van der Waals surface area contributed by atoms with Crippen LogP contribution in [0.15, 0.2) is 23.6 Å². The number of benzene rings is 1. The van der Waals surface area contributed by atoms with Crippen molar-refractivity contribution in [3.05, 3.63) is 39.8 Å². The minimum absolute atomic E-state index is 0.761. The lowest BCUT2D eigenvalue weighted by Crippen LogP contribution is -2.17. The smallest absolute Gasteiger partial charge is 0.120 e. The first kappa shape index (κ1) is 13.8. The molecular weight excluding hydrogens is 258 g/mol. The second-order valence-electron chi connectivity index (χ2n) is 4.35. The topological polar surface area (TPSA) is 60.2 Å². The lowest BCUT2D eigenvalue weighted by molar-refractivity contribution is 0.415. The van der Waals surface area contributed by atoms with Crippen LogP contribution in [0.3, 0.4) is 0 Å². The van der Waals surface area contributed by atoms with Gasteiger partial charge >= 0.3 is 0 Å². The number of hydrogen-bond acceptors (Lipinski definition) is 5. The highest BCUT2D eigenvalue weighted by Gasteiger charge is 2.02. The van der Waals surface area contributed by atoms with Gasteiger partial charge in [-0.15, -0.1) is 11.3 Å². The van der Waals surface area contributed by atoms with Crippen LogP contribution in [0, 0.1) is 6.92 Å². The van der Waals surface area contributed by atoms with Gasteiger partial charge in [-0.2, -0.15) is 0 Å². The number of ether oxygens (including phenoxy) is 1. The van der Waals surface area contributed by atoms with E-state index < -0.39 is 0 Å². The summed E-state index contributed by atoms with van der Waals surface area (Å²) in [5.74, 6) is 0.791. The molecule has 0 saturated carbocycles. The summed E-state index contributed by atoms with van der Waals surface area (Å²) in [6.07, 6.45) is 0.945. The molecule has 0 fully saturated rings. The molecule has 4 nitrogen and oxygen atoms in total. The molecule has 0 spiro atoms. The molecular formula is C14H19N3OS. The van der Waals surface area contributed by atoms with E-state index in [0.717, 1.165) is 47.2 Å². The van der Waals surface area contributed by atoms with Gasteiger partial charge in [-0.05, 0) is 18.6 Å². The average Bonchev–Trinajstić information content (AvgIpc) is 2.82. The number of thiazole rings is 1. The molecule has 102 valence electrons. The lowest BCUT2D eigenvalue weighted by Gasteiger charge is -2.08. The number of aryl methyl sites for hydroxylation is 1. The fraction of sp³-hybridized carbons (Fsp3) is 0.357. The molecule has 0 bridgehead atoms. The first-order valence-corrected chi connectivity index (χ1v) is 7.11. The van der Waals surface area contributed by atoms with Crippen molar-refractivity contribution >= 4 is 17.0 Å². The summed E-state index contributed by atoms with van der Waals surface area (Å²) in [4.78, 5) is 4.43. The van der Waals surface area contributed by atoms with E-state index in [2.05, 4.69) is 15.7 Å². The molecule has 1 heterocycles. The van der Waals surface area contributed by atoms with Gasteiger partial charge in [0, 0.05) is 36.6 Å².